The predicted molar refractivity (Wildman–Crippen MR) is 32.3 cm³/mol. The van der Waals surface area contributed by atoms with Crippen molar-refractivity contribution in [3.8, 4) is 0 Å². The number of carbonyl (C=O) groups is 1. The van der Waals surface area contributed by atoms with E-state index in [9.17, 15) is 4.79 Å². The summed E-state index contributed by atoms with van der Waals surface area (Å²) in [5.41, 5.74) is -0.197. The molecule has 4 heteroatoms. The number of nitrogens with zero attached hydrogens (tertiary/aromatic N) is 1. The third-order valence-electron chi connectivity index (χ3n) is 0.602. The summed E-state index contributed by atoms with van der Waals surface area (Å²) >= 11 is 0. The van der Waals surface area contributed by atoms with Crippen molar-refractivity contribution in [2.24, 2.45) is 5.16 Å². The maximum atomic E-state index is 10.0. The molecule has 0 atom stereocenters. The first kappa shape index (κ1) is 7.68. The Morgan fingerprint density at radius 1 is 1.89 bits per heavy atom. The minimum atomic E-state index is -1.15. The van der Waals surface area contributed by atoms with Crippen molar-refractivity contribution < 1.29 is 14.7 Å². The minimum absolute atomic E-state index is 0.197. The van der Waals surface area contributed by atoms with Crippen LogP contribution in [0.5, 0.6) is 0 Å². The smallest absolute Gasteiger partial charge is 0.357 e. The van der Waals surface area contributed by atoms with Crippen molar-refractivity contribution in [3.63, 3.8) is 0 Å². The van der Waals surface area contributed by atoms with Gasteiger partial charge in [0.1, 0.15) is 7.11 Å². The molecule has 0 saturated carbocycles. The van der Waals surface area contributed by atoms with Crippen LogP contribution in [0.25, 0.3) is 0 Å². The van der Waals surface area contributed by atoms with Crippen LogP contribution in [0.1, 0.15) is 0 Å². The summed E-state index contributed by atoms with van der Waals surface area (Å²) in [5, 5.41) is 11.4. The summed E-state index contributed by atoms with van der Waals surface area (Å²) in [6.45, 7) is 3.21. The van der Waals surface area contributed by atoms with E-state index in [4.69, 9.17) is 5.11 Å². The Morgan fingerprint density at radius 2 is 2.44 bits per heavy atom. The lowest BCUT2D eigenvalue weighted by Gasteiger charge is -1.89. The number of oxime groups is 1. The summed E-state index contributed by atoms with van der Waals surface area (Å²) in [5.74, 6) is -1.15. The second-order valence-electron chi connectivity index (χ2n) is 1.17. The van der Waals surface area contributed by atoms with E-state index in [1.807, 2.05) is 0 Å². The van der Waals surface area contributed by atoms with Crippen molar-refractivity contribution in [1.82, 2.24) is 0 Å². The van der Waals surface area contributed by atoms with E-state index < -0.39 is 5.97 Å². The molecule has 9 heavy (non-hydrogen) atoms. The first-order valence-corrected chi connectivity index (χ1v) is 2.19. The molecule has 0 heterocycles. The predicted octanol–water partition coefficient (Wildman–Crippen LogP) is 0.259. The molecule has 0 spiro atoms. The molecule has 50 valence electrons. The Hall–Kier alpha value is -1.32. The van der Waals surface area contributed by atoms with Gasteiger partial charge in [-0.2, -0.15) is 0 Å². The normalized spacial score (nSPS) is 10.6. The lowest BCUT2D eigenvalue weighted by molar-refractivity contribution is -0.129. The van der Waals surface area contributed by atoms with Crippen molar-refractivity contribution in [1.29, 1.82) is 0 Å². The molecular formula is C5H7NO3. The lowest BCUT2D eigenvalue weighted by atomic mass is 10.4. The SMILES string of the molecule is C=C/C(=N\OC)C(=O)O. The van der Waals surface area contributed by atoms with E-state index in [0.717, 1.165) is 6.08 Å². The molecule has 0 radical (unpaired) electrons. The third kappa shape index (κ3) is 2.48. The van der Waals surface area contributed by atoms with Gasteiger partial charge in [0.25, 0.3) is 0 Å². The second-order valence-corrected chi connectivity index (χ2v) is 1.17. The van der Waals surface area contributed by atoms with Gasteiger partial charge in [-0.15, -0.1) is 0 Å². The van der Waals surface area contributed by atoms with E-state index in [1.54, 1.807) is 0 Å². The number of hydrogen-bond donors (Lipinski definition) is 1. The Morgan fingerprint density at radius 3 is 2.56 bits per heavy atom. The van der Waals surface area contributed by atoms with Crippen LogP contribution in [0.4, 0.5) is 0 Å². The van der Waals surface area contributed by atoms with Gasteiger partial charge in [-0.25, -0.2) is 4.79 Å². The molecule has 0 amide bonds. The van der Waals surface area contributed by atoms with E-state index in [0.29, 0.717) is 0 Å². The van der Waals surface area contributed by atoms with E-state index in [-0.39, 0.29) is 5.71 Å². The molecule has 0 unspecified atom stereocenters. The van der Waals surface area contributed by atoms with Gasteiger partial charge >= 0.3 is 5.97 Å². The van der Waals surface area contributed by atoms with Gasteiger partial charge in [0, 0.05) is 0 Å². The largest absolute Gasteiger partial charge is 0.476 e. The second kappa shape index (κ2) is 3.65. The van der Waals surface area contributed by atoms with Crippen molar-refractivity contribution in [2.45, 2.75) is 0 Å². The minimum Gasteiger partial charge on any atom is -0.476 e. The van der Waals surface area contributed by atoms with E-state index in [2.05, 4.69) is 16.6 Å². The van der Waals surface area contributed by atoms with Crippen molar-refractivity contribution in [2.75, 3.05) is 7.11 Å². The van der Waals surface area contributed by atoms with Crippen LogP contribution < -0.4 is 0 Å². The number of carboxylic acid groups (broad SMARTS) is 1. The fourth-order valence-electron chi connectivity index (χ4n) is 0.262. The summed E-state index contributed by atoms with van der Waals surface area (Å²) in [4.78, 5) is 14.2. The van der Waals surface area contributed by atoms with Crippen molar-refractivity contribution >= 4 is 11.7 Å². The van der Waals surface area contributed by atoms with Gasteiger partial charge in [0.15, 0.2) is 5.71 Å². The average Bonchev–Trinajstić information content (AvgIpc) is 1.82. The Balaban J connectivity index is 4.14. The van der Waals surface area contributed by atoms with Gasteiger partial charge in [0.05, 0.1) is 0 Å². The number of carboxylic acids is 1. The first-order chi connectivity index (χ1) is 4.22. The Bertz CT molecular complexity index is 150. The van der Waals surface area contributed by atoms with E-state index >= 15 is 0 Å². The Kier molecular flexibility index (Phi) is 3.12. The first-order valence-electron chi connectivity index (χ1n) is 2.19. The van der Waals surface area contributed by atoms with Crippen LogP contribution in [-0.4, -0.2) is 23.9 Å². The zero-order valence-electron chi connectivity index (χ0n) is 5.00. The molecule has 0 aromatic heterocycles. The van der Waals surface area contributed by atoms with Crippen LogP contribution in [-0.2, 0) is 9.63 Å². The summed E-state index contributed by atoms with van der Waals surface area (Å²) in [6.07, 6.45) is 1.10. The van der Waals surface area contributed by atoms with Gasteiger partial charge < -0.3 is 9.94 Å². The molecule has 0 saturated heterocycles. The molecule has 0 aliphatic carbocycles. The fourth-order valence-corrected chi connectivity index (χ4v) is 0.262. The summed E-state index contributed by atoms with van der Waals surface area (Å²) < 4.78 is 0. The topological polar surface area (TPSA) is 58.9 Å². The van der Waals surface area contributed by atoms with Gasteiger partial charge in [0.2, 0.25) is 0 Å². The lowest BCUT2D eigenvalue weighted by Crippen LogP contribution is -2.09. The zero-order valence-corrected chi connectivity index (χ0v) is 5.00. The monoisotopic (exact) mass is 129 g/mol. The van der Waals surface area contributed by atoms with Gasteiger partial charge in [-0.1, -0.05) is 11.7 Å². The van der Waals surface area contributed by atoms with Crippen LogP contribution in [0.2, 0.25) is 0 Å². The third-order valence-corrected chi connectivity index (χ3v) is 0.602. The molecule has 0 aromatic rings. The van der Waals surface area contributed by atoms with Gasteiger partial charge in [-0.05, 0) is 6.08 Å². The molecule has 0 bridgehead atoms. The summed E-state index contributed by atoms with van der Waals surface area (Å²) in [7, 11) is 1.27. The highest BCUT2D eigenvalue weighted by atomic mass is 16.6. The maximum absolute atomic E-state index is 10.0. The number of hydrogen-bond acceptors (Lipinski definition) is 3. The van der Waals surface area contributed by atoms with Crippen LogP contribution in [0, 0.1) is 0 Å². The molecule has 0 aliphatic heterocycles. The molecule has 0 fully saturated rings. The van der Waals surface area contributed by atoms with Gasteiger partial charge in [-0.3, -0.25) is 0 Å². The van der Waals surface area contributed by atoms with E-state index in [1.165, 1.54) is 7.11 Å². The van der Waals surface area contributed by atoms with Crippen molar-refractivity contribution in [3.05, 3.63) is 12.7 Å². The average molecular weight is 129 g/mol. The van der Waals surface area contributed by atoms with Crippen LogP contribution >= 0.6 is 0 Å². The molecular weight excluding hydrogens is 122 g/mol. The molecule has 1 N–H and O–H groups in total. The quantitative estimate of drug-likeness (QED) is 0.439. The van der Waals surface area contributed by atoms with Crippen LogP contribution in [0.3, 0.4) is 0 Å². The highest BCUT2D eigenvalue weighted by molar-refractivity contribution is 6.40. The standard InChI is InChI=1S/C5H7NO3/c1-3-4(5(7)8)6-9-2/h3H,1H2,2H3,(H,7,8)/b6-4+. The number of aliphatic carboxylic acids is 1. The molecule has 0 rings (SSSR count). The highest BCUT2D eigenvalue weighted by Gasteiger charge is 2.02. The van der Waals surface area contributed by atoms with Crippen LogP contribution in [0.15, 0.2) is 17.8 Å². The summed E-state index contributed by atoms with van der Waals surface area (Å²) in [6, 6.07) is 0. The molecule has 0 aliphatic rings. The molecule has 0 aromatic carbocycles. The Labute approximate surface area is 52.4 Å². The zero-order chi connectivity index (χ0) is 7.28. The molecule has 4 nitrogen and oxygen atoms in total. The highest BCUT2D eigenvalue weighted by Crippen LogP contribution is 1.80. The number of rotatable bonds is 3. The fraction of sp³-hybridized carbons (Fsp3) is 0.200. The maximum Gasteiger partial charge on any atom is 0.357 e.